The smallest absolute Gasteiger partial charge is 0.123 e. The van der Waals surface area contributed by atoms with Crippen molar-refractivity contribution in [2.75, 3.05) is 13.7 Å². The van der Waals surface area contributed by atoms with Gasteiger partial charge in [-0.05, 0) is 17.7 Å². The minimum Gasteiger partial charge on any atom is -0.496 e. The van der Waals surface area contributed by atoms with Gasteiger partial charge in [-0.1, -0.05) is 11.6 Å². The highest BCUT2D eigenvalue weighted by Crippen LogP contribution is 2.42. The molecule has 0 bridgehead atoms. The second-order valence-corrected chi connectivity index (χ2v) is 5.73. The first-order valence-corrected chi connectivity index (χ1v) is 7.28. The summed E-state index contributed by atoms with van der Waals surface area (Å²) in [6.07, 6.45) is 3.91. The van der Waals surface area contributed by atoms with E-state index in [-0.39, 0.29) is 6.04 Å². The van der Waals surface area contributed by atoms with Crippen LogP contribution in [0.2, 0.25) is 5.02 Å². The van der Waals surface area contributed by atoms with Gasteiger partial charge in [0.05, 0.1) is 13.3 Å². The quantitative estimate of drug-likeness (QED) is 0.940. The van der Waals surface area contributed by atoms with E-state index in [1.165, 1.54) is 5.56 Å². The van der Waals surface area contributed by atoms with Crippen molar-refractivity contribution in [2.45, 2.75) is 19.1 Å². The van der Waals surface area contributed by atoms with Crippen LogP contribution in [0.3, 0.4) is 0 Å². The van der Waals surface area contributed by atoms with Gasteiger partial charge in [-0.2, -0.15) is 5.10 Å². The summed E-state index contributed by atoms with van der Waals surface area (Å²) in [6, 6.07) is 3.92. The van der Waals surface area contributed by atoms with Crippen LogP contribution < -0.4 is 10.5 Å². The Bertz CT molecular complexity index is 655. The fourth-order valence-corrected chi connectivity index (χ4v) is 3.35. The highest BCUT2D eigenvalue weighted by Gasteiger charge is 2.33. The zero-order valence-corrected chi connectivity index (χ0v) is 13.0. The number of hydrogen-bond acceptors (Lipinski definition) is 4. The molecule has 0 fully saturated rings. The molecule has 6 heteroatoms. The Hall–Kier alpha value is -1.56. The van der Waals surface area contributed by atoms with Gasteiger partial charge in [0.25, 0.3) is 0 Å². The molecule has 1 aliphatic heterocycles. The molecule has 0 saturated carbocycles. The fourth-order valence-electron chi connectivity index (χ4n) is 3.05. The second kappa shape index (κ2) is 5.67. The van der Waals surface area contributed by atoms with Crippen LogP contribution in [0.15, 0.2) is 24.5 Å². The monoisotopic (exact) mass is 306 g/mol. The Morgan fingerprint density at radius 2 is 2.29 bits per heavy atom. The molecular formula is C15H19ClN4O. The summed E-state index contributed by atoms with van der Waals surface area (Å²) >= 11 is 6.39. The predicted molar refractivity (Wildman–Crippen MR) is 82.3 cm³/mol. The van der Waals surface area contributed by atoms with Gasteiger partial charge in [0.2, 0.25) is 0 Å². The zero-order valence-electron chi connectivity index (χ0n) is 12.2. The maximum Gasteiger partial charge on any atom is 0.123 e. The molecule has 0 aliphatic carbocycles. The normalized spacial score (nSPS) is 18.0. The molecule has 0 radical (unpaired) electrons. The first-order valence-electron chi connectivity index (χ1n) is 6.91. The van der Waals surface area contributed by atoms with Crippen molar-refractivity contribution in [2.24, 2.45) is 12.8 Å². The van der Waals surface area contributed by atoms with Crippen LogP contribution in [-0.4, -0.2) is 28.3 Å². The number of halogens is 1. The lowest BCUT2D eigenvalue weighted by Gasteiger charge is -2.23. The highest BCUT2D eigenvalue weighted by molar-refractivity contribution is 6.31. The van der Waals surface area contributed by atoms with Crippen LogP contribution in [0.1, 0.15) is 22.7 Å². The molecule has 2 heterocycles. The molecule has 1 aromatic heterocycles. The number of fused-ring (bicyclic) bond motifs is 1. The topological polar surface area (TPSA) is 56.3 Å². The minimum atomic E-state index is 0.114. The van der Waals surface area contributed by atoms with Crippen LogP contribution >= 0.6 is 11.6 Å². The first kappa shape index (κ1) is 14.4. The molecular weight excluding hydrogens is 288 g/mol. The SMILES string of the molecule is COc1ccc(Cl)c2c1CN(Cc1cnn(C)c1)C2CN. The second-order valence-electron chi connectivity index (χ2n) is 5.32. The maximum atomic E-state index is 6.39. The summed E-state index contributed by atoms with van der Waals surface area (Å²) in [5.74, 6) is 0.876. The highest BCUT2D eigenvalue weighted by atomic mass is 35.5. The molecule has 1 atom stereocenters. The summed E-state index contributed by atoms with van der Waals surface area (Å²) in [4.78, 5) is 2.32. The molecule has 0 spiro atoms. The molecule has 1 aliphatic rings. The van der Waals surface area contributed by atoms with Gasteiger partial charge in [0.1, 0.15) is 5.75 Å². The molecule has 2 N–H and O–H groups in total. The number of ether oxygens (including phenoxy) is 1. The standard InChI is InChI=1S/C15H19ClN4O/c1-19-7-10(6-18-19)8-20-9-11-14(21-2)4-3-12(16)15(11)13(20)5-17/h3-4,6-7,13H,5,8-9,17H2,1-2H3. The van der Waals surface area contributed by atoms with E-state index in [2.05, 4.69) is 10.00 Å². The fraction of sp³-hybridized carbons (Fsp3) is 0.400. The summed E-state index contributed by atoms with van der Waals surface area (Å²) in [5, 5.41) is 4.98. The van der Waals surface area contributed by atoms with Crippen LogP contribution in [-0.2, 0) is 20.1 Å². The van der Waals surface area contributed by atoms with E-state index in [4.69, 9.17) is 22.1 Å². The van der Waals surface area contributed by atoms with Gasteiger partial charge in [-0.15, -0.1) is 0 Å². The molecule has 21 heavy (non-hydrogen) atoms. The summed E-state index contributed by atoms with van der Waals surface area (Å²) < 4.78 is 7.27. The van der Waals surface area contributed by atoms with E-state index < -0.39 is 0 Å². The minimum absolute atomic E-state index is 0.114. The number of nitrogens with zero attached hydrogens (tertiary/aromatic N) is 3. The van der Waals surface area contributed by atoms with Gasteiger partial charge < -0.3 is 10.5 Å². The van der Waals surface area contributed by atoms with E-state index in [0.717, 1.165) is 35.0 Å². The average molecular weight is 307 g/mol. The van der Waals surface area contributed by atoms with Crippen molar-refractivity contribution < 1.29 is 4.74 Å². The first-order chi connectivity index (χ1) is 10.1. The lowest BCUT2D eigenvalue weighted by molar-refractivity contribution is 0.210. The summed E-state index contributed by atoms with van der Waals surface area (Å²) in [7, 11) is 3.60. The maximum absolute atomic E-state index is 6.39. The van der Waals surface area contributed by atoms with Crippen molar-refractivity contribution in [3.8, 4) is 5.75 Å². The molecule has 5 nitrogen and oxygen atoms in total. The van der Waals surface area contributed by atoms with E-state index in [9.17, 15) is 0 Å². The number of rotatable bonds is 4. The number of aryl methyl sites for hydroxylation is 1. The van der Waals surface area contributed by atoms with Gasteiger partial charge in [0, 0.05) is 55.1 Å². The molecule has 1 unspecified atom stereocenters. The van der Waals surface area contributed by atoms with Crippen molar-refractivity contribution in [1.29, 1.82) is 0 Å². The Labute approximate surface area is 129 Å². The third-order valence-electron chi connectivity index (χ3n) is 3.98. The van der Waals surface area contributed by atoms with Crippen molar-refractivity contribution in [3.63, 3.8) is 0 Å². The Morgan fingerprint density at radius 3 is 2.90 bits per heavy atom. The Kier molecular flexibility index (Phi) is 3.89. The molecule has 112 valence electrons. The number of methoxy groups -OCH3 is 1. The van der Waals surface area contributed by atoms with Crippen molar-refractivity contribution in [3.05, 3.63) is 46.2 Å². The predicted octanol–water partition coefficient (Wildman–Crippen LogP) is 2.10. The third kappa shape index (κ3) is 2.52. The molecule has 3 rings (SSSR count). The third-order valence-corrected chi connectivity index (χ3v) is 4.31. The Morgan fingerprint density at radius 1 is 1.48 bits per heavy atom. The molecule has 2 aromatic rings. The van der Waals surface area contributed by atoms with E-state index in [1.54, 1.807) is 7.11 Å². The van der Waals surface area contributed by atoms with Gasteiger partial charge in [-0.3, -0.25) is 9.58 Å². The largest absolute Gasteiger partial charge is 0.496 e. The Balaban J connectivity index is 1.93. The average Bonchev–Trinajstić information content (AvgIpc) is 3.04. The number of benzene rings is 1. The lowest BCUT2D eigenvalue weighted by atomic mass is 10.0. The van der Waals surface area contributed by atoms with Gasteiger partial charge in [0.15, 0.2) is 0 Å². The molecule has 0 amide bonds. The van der Waals surface area contributed by atoms with Crippen LogP contribution in [0.5, 0.6) is 5.75 Å². The van der Waals surface area contributed by atoms with Gasteiger partial charge in [-0.25, -0.2) is 0 Å². The summed E-state index contributed by atoms with van der Waals surface area (Å²) in [5.41, 5.74) is 9.40. The number of nitrogens with two attached hydrogens (primary N) is 1. The lowest BCUT2D eigenvalue weighted by Crippen LogP contribution is -2.27. The van der Waals surface area contributed by atoms with E-state index in [1.807, 2.05) is 36.3 Å². The van der Waals surface area contributed by atoms with Crippen LogP contribution in [0.25, 0.3) is 0 Å². The number of aromatic nitrogens is 2. The van der Waals surface area contributed by atoms with E-state index in [0.29, 0.717) is 6.54 Å². The van der Waals surface area contributed by atoms with Crippen LogP contribution in [0, 0.1) is 0 Å². The van der Waals surface area contributed by atoms with Gasteiger partial charge >= 0.3 is 0 Å². The van der Waals surface area contributed by atoms with Crippen molar-refractivity contribution in [1.82, 2.24) is 14.7 Å². The number of hydrogen-bond donors (Lipinski definition) is 1. The van der Waals surface area contributed by atoms with Crippen LogP contribution in [0.4, 0.5) is 0 Å². The summed E-state index contributed by atoms with van der Waals surface area (Å²) in [6.45, 7) is 2.11. The van der Waals surface area contributed by atoms with E-state index >= 15 is 0 Å². The molecule has 1 aromatic carbocycles. The molecule has 0 saturated heterocycles. The van der Waals surface area contributed by atoms with Crippen molar-refractivity contribution >= 4 is 11.6 Å². The zero-order chi connectivity index (χ0) is 15.0.